The summed E-state index contributed by atoms with van der Waals surface area (Å²) in [6, 6.07) is 14.0. The smallest absolute Gasteiger partial charge is 0.326 e. The minimum absolute atomic E-state index is 0.0676. The van der Waals surface area contributed by atoms with E-state index in [9.17, 15) is 9.59 Å². The van der Waals surface area contributed by atoms with E-state index in [2.05, 4.69) is 35.3 Å². The maximum Gasteiger partial charge on any atom is 0.326 e. The number of amides is 3. The maximum atomic E-state index is 13.6. The number of nitrogens with one attached hydrogen (secondary N) is 1. The van der Waals surface area contributed by atoms with Crippen molar-refractivity contribution in [1.29, 1.82) is 0 Å². The molecule has 1 saturated heterocycles. The lowest BCUT2D eigenvalue weighted by atomic mass is 9.75. The molecular formula is C28H35N3O4. The van der Waals surface area contributed by atoms with Crippen molar-refractivity contribution in [3.05, 3.63) is 59.2 Å². The van der Waals surface area contributed by atoms with Crippen LogP contribution in [0.25, 0.3) is 0 Å². The Labute approximate surface area is 207 Å². The fraction of sp³-hybridized carbons (Fsp3) is 0.500. The van der Waals surface area contributed by atoms with Crippen LogP contribution in [0, 0.1) is 5.92 Å². The summed E-state index contributed by atoms with van der Waals surface area (Å²) in [6.07, 6.45) is 5.36. The Bertz CT molecular complexity index is 1090. The van der Waals surface area contributed by atoms with E-state index in [-0.39, 0.29) is 24.6 Å². The standard InChI is InChI=1S/C28H35N3O4/c1-4-19-10-13-28(14-11-19)26(32)31(27(33)29-28)18-30-15-12-21-16-23(34-2)24(35-3)17-22(21)25(30)20-8-6-5-7-9-20/h5-9,16-17,19,25H,4,10-15,18H2,1-3H3,(H,29,33). The molecule has 2 fully saturated rings. The Kier molecular flexibility index (Phi) is 6.45. The number of urea groups is 1. The first kappa shape index (κ1) is 23.7. The van der Waals surface area contributed by atoms with Crippen LogP contribution >= 0.6 is 0 Å². The zero-order valence-electron chi connectivity index (χ0n) is 20.9. The zero-order valence-corrected chi connectivity index (χ0v) is 20.9. The predicted octanol–water partition coefficient (Wildman–Crippen LogP) is 4.50. The molecule has 0 radical (unpaired) electrons. The van der Waals surface area contributed by atoms with Crippen LogP contribution in [0.3, 0.4) is 0 Å². The van der Waals surface area contributed by atoms with E-state index in [1.165, 1.54) is 10.5 Å². The molecule has 2 aromatic carbocycles. The van der Waals surface area contributed by atoms with Gasteiger partial charge in [0, 0.05) is 6.54 Å². The fourth-order valence-corrected chi connectivity index (χ4v) is 6.08. The lowest BCUT2D eigenvalue weighted by molar-refractivity contribution is -0.134. The van der Waals surface area contributed by atoms with Crippen molar-refractivity contribution >= 4 is 11.9 Å². The molecule has 7 heteroatoms. The van der Waals surface area contributed by atoms with Crippen LogP contribution < -0.4 is 14.8 Å². The third-order valence-electron chi connectivity index (χ3n) is 8.19. The number of hydrogen-bond acceptors (Lipinski definition) is 5. The van der Waals surface area contributed by atoms with Crippen LogP contribution in [0.1, 0.15) is 61.8 Å². The molecule has 0 aromatic heterocycles. The number of fused-ring (bicyclic) bond motifs is 1. The van der Waals surface area contributed by atoms with E-state index in [4.69, 9.17) is 9.47 Å². The average molecular weight is 478 g/mol. The van der Waals surface area contributed by atoms with E-state index in [0.717, 1.165) is 56.2 Å². The van der Waals surface area contributed by atoms with Crippen molar-refractivity contribution in [2.75, 3.05) is 27.4 Å². The van der Waals surface area contributed by atoms with Gasteiger partial charge in [-0.3, -0.25) is 9.69 Å². The Morgan fingerprint density at radius 2 is 1.71 bits per heavy atom. The molecule has 1 aliphatic carbocycles. The monoisotopic (exact) mass is 477 g/mol. The Hall–Kier alpha value is -3.06. The van der Waals surface area contributed by atoms with Crippen LogP contribution in [0.2, 0.25) is 0 Å². The number of carbonyl (C=O) groups excluding carboxylic acids is 2. The van der Waals surface area contributed by atoms with Gasteiger partial charge in [0.05, 0.1) is 26.9 Å². The van der Waals surface area contributed by atoms with E-state index >= 15 is 0 Å². The van der Waals surface area contributed by atoms with Crippen LogP contribution in [0.5, 0.6) is 11.5 Å². The molecule has 2 heterocycles. The van der Waals surface area contributed by atoms with E-state index in [1.807, 2.05) is 24.3 Å². The van der Waals surface area contributed by atoms with Gasteiger partial charge in [-0.1, -0.05) is 43.7 Å². The number of carbonyl (C=O) groups is 2. The first-order valence-corrected chi connectivity index (χ1v) is 12.7. The van der Waals surface area contributed by atoms with E-state index in [0.29, 0.717) is 17.4 Å². The molecule has 1 atom stereocenters. The van der Waals surface area contributed by atoms with Crippen LogP contribution in [0.4, 0.5) is 4.79 Å². The lowest BCUT2D eigenvalue weighted by Gasteiger charge is -2.40. The quantitative estimate of drug-likeness (QED) is 0.621. The minimum Gasteiger partial charge on any atom is -0.493 e. The van der Waals surface area contributed by atoms with Crippen molar-refractivity contribution in [1.82, 2.24) is 15.1 Å². The summed E-state index contributed by atoms with van der Waals surface area (Å²) in [6.45, 7) is 3.19. The van der Waals surface area contributed by atoms with Crippen LogP contribution in [-0.4, -0.2) is 54.7 Å². The Morgan fingerprint density at radius 3 is 2.37 bits per heavy atom. The summed E-state index contributed by atoms with van der Waals surface area (Å²) in [5.74, 6) is 1.97. The molecule has 3 aliphatic rings. The molecule has 5 rings (SSSR count). The second kappa shape index (κ2) is 9.53. The lowest BCUT2D eigenvalue weighted by Crippen LogP contribution is -2.50. The van der Waals surface area contributed by atoms with Gasteiger partial charge >= 0.3 is 6.03 Å². The highest BCUT2D eigenvalue weighted by atomic mass is 16.5. The van der Waals surface area contributed by atoms with Gasteiger partial charge in [-0.25, -0.2) is 9.69 Å². The maximum absolute atomic E-state index is 13.6. The summed E-state index contributed by atoms with van der Waals surface area (Å²) in [7, 11) is 3.29. The number of methoxy groups -OCH3 is 2. The van der Waals surface area contributed by atoms with Crippen LogP contribution in [0.15, 0.2) is 42.5 Å². The number of nitrogens with zero attached hydrogens (tertiary/aromatic N) is 2. The molecule has 3 amide bonds. The fourth-order valence-electron chi connectivity index (χ4n) is 6.08. The largest absolute Gasteiger partial charge is 0.493 e. The number of rotatable bonds is 6. The third-order valence-corrected chi connectivity index (χ3v) is 8.19. The third kappa shape index (κ3) is 4.16. The Morgan fingerprint density at radius 1 is 1.03 bits per heavy atom. The molecule has 2 aliphatic heterocycles. The number of benzene rings is 2. The van der Waals surface area contributed by atoms with Crippen molar-refractivity contribution in [2.45, 2.75) is 57.0 Å². The van der Waals surface area contributed by atoms with Gasteiger partial charge in [0.15, 0.2) is 11.5 Å². The predicted molar refractivity (Wildman–Crippen MR) is 133 cm³/mol. The van der Waals surface area contributed by atoms with Crippen molar-refractivity contribution in [3.63, 3.8) is 0 Å². The van der Waals surface area contributed by atoms with Crippen molar-refractivity contribution in [2.24, 2.45) is 5.92 Å². The normalized spacial score (nSPS) is 26.5. The zero-order chi connectivity index (χ0) is 24.6. The first-order chi connectivity index (χ1) is 17.0. The molecule has 1 N–H and O–H groups in total. The Balaban J connectivity index is 1.46. The molecule has 2 aromatic rings. The number of hydrogen-bond donors (Lipinski definition) is 1. The number of ether oxygens (including phenoxy) is 2. The second-order valence-corrected chi connectivity index (χ2v) is 10.0. The molecule has 1 spiro atoms. The molecule has 1 unspecified atom stereocenters. The van der Waals surface area contributed by atoms with Gasteiger partial charge in [0.1, 0.15) is 5.54 Å². The van der Waals surface area contributed by atoms with Gasteiger partial charge in [-0.2, -0.15) is 0 Å². The molecule has 7 nitrogen and oxygen atoms in total. The molecule has 0 bridgehead atoms. The van der Waals surface area contributed by atoms with E-state index in [1.54, 1.807) is 14.2 Å². The number of imide groups is 1. The van der Waals surface area contributed by atoms with E-state index < -0.39 is 5.54 Å². The average Bonchev–Trinajstić information content (AvgIpc) is 3.12. The summed E-state index contributed by atoms with van der Waals surface area (Å²) < 4.78 is 11.2. The van der Waals surface area contributed by atoms with Gasteiger partial charge in [0.25, 0.3) is 5.91 Å². The van der Waals surface area contributed by atoms with Crippen molar-refractivity contribution < 1.29 is 19.1 Å². The molecule has 186 valence electrons. The highest BCUT2D eigenvalue weighted by Crippen LogP contribution is 2.42. The summed E-state index contributed by atoms with van der Waals surface area (Å²) in [4.78, 5) is 30.4. The molecular weight excluding hydrogens is 442 g/mol. The first-order valence-electron chi connectivity index (χ1n) is 12.7. The molecule has 1 saturated carbocycles. The van der Waals surface area contributed by atoms with Gasteiger partial charge in [0.2, 0.25) is 0 Å². The molecule has 35 heavy (non-hydrogen) atoms. The van der Waals surface area contributed by atoms with Crippen molar-refractivity contribution in [3.8, 4) is 11.5 Å². The van der Waals surface area contributed by atoms with Gasteiger partial charge in [-0.05, 0) is 66.8 Å². The highest BCUT2D eigenvalue weighted by molar-refractivity contribution is 6.07. The SMILES string of the molecule is CCC1CCC2(CC1)NC(=O)N(CN1CCc3cc(OC)c(OC)cc3C1c1ccccc1)C2=O. The highest BCUT2D eigenvalue weighted by Gasteiger charge is 2.53. The van der Waals surface area contributed by atoms with Gasteiger partial charge in [-0.15, -0.1) is 0 Å². The van der Waals surface area contributed by atoms with Crippen LogP contribution in [-0.2, 0) is 11.2 Å². The summed E-state index contributed by atoms with van der Waals surface area (Å²) in [5, 5.41) is 3.08. The summed E-state index contributed by atoms with van der Waals surface area (Å²) in [5.41, 5.74) is 2.70. The second-order valence-electron chi connectivity index (χ2n) is 10.0. The minimum atomic E-state index is -0.727. The summed E-state index contributed by atoms with van der Waals surface area (Å²) >= 11 is 0. The van der Waals surface area contributed by atoms with Gasteiger partial charge < -0.3 is 14.8 Å². The topological polar surface area (TPSA) is 71.1 Å².